The molecule has 0 unspecified atom stereocenters. The Balaban J connectivity index is 1.12. The van der Waals surface area contributed by atoms with Crippen LogP contribution in [0, 0.1) is 0 Å². The Morgan fingerprint density at radius 2 is 1.05 bits per heavy atom. The van der Waals surface area contributed by atoms with Crippen LogP contribution in [0.1, 0.15) is 27.7 Å². The third kappa shape index (κ3) is 4.52. The second-order valence-corrected chi connectivity index (χ2v) is 13.9. The fourth-order valence-corrected chi connectivity index (χ4v) is 7.53. The lowest BCUT2D eigenvalue weighted by molar-refractivity contribution is 0.00578. The largest absolute Gasteiger partial charge is 0.494 e. The van der Waals surface area contributed by atoms with Gasteiger partial charge in [-0.2, -0.15) is 0 Å². The normalized spacial score (nSPS) is 16.2. The number of hydrogen-bond acceptors (Lipinski definition) is 3. The van der Waals surface area contributed by atoms with E-state index in [1.54, 1.807) is 0 Å². The molecule has 2 aliphatic rings. The van der Waals surface area contributed by atoms with Gasteiger partial charge in [0.25, 0.3) is 0 Å². The minimum absolute atomic E-state index is 0.351. The van der Waals surface area contributed by atoms with Gasteiger partial charge in [-0.25, -0.2) is 0 Å². The highest BCUT2D eigenvalue weighted by atomic mass is 32.2. The minimum Gasteiger partial charge on any atom is -0.399 e. The molecule has 1 saturated heterocycles. The molecule has 0 aliphatic carbocycles. The average Bonchev–Trinajstić information content (AvgIpc) is 3.27. The summed E-state index contributed by atoms with van der Waals surface area (Å²) >= 11 is 1.87. The standard InChI is InChI=1S/C40H33BO2S/c1-39(2)40(3,4)43-41(42-39)31-20-18-26(19-21-31)27-10-7-11-28(24-27)29-12-8-13-30(25-29)32-22-23-35-33-14-5-6-16-36(33)44-37-17-9-15-34(32)38(35)37/h5-25H,1-4H3. The van der Waals surface area contributed by atoms with Crippen molar-refractivity contribution in [3.63, 3.8) is 0 Å². The van der Waals surface area contributed by atoms with Crippen LogP contribution in [0.25, 0.3) is 55.3 Å². The lowest BCUT2D eigenvalue weighted by Gasteiger charge is -2.32. The maximum absolute atomic E-state index is 6.26. The summed E-state index contributed by atoms with van der Waals surface area (Å²) in [6, 6.07) is 46.4. The molecule has 214 valence electrons. The molecule has 4 heteroatoms. The molecule has 0 atom stereocenters. The van der Waals surface area contributed by atoms with Gasteiger partial charge in [0.1, 0.15) is 0 Å². The Hall–Kier alpha value is -4.09. The predicted octanol–water partition coefficient (Wildman–Crippen LogP) is 10.3. The van der Waals surface area contributed by atoms with E-state index >= 15 is 0 Å². The summed E-state index contributed by atoms with van der Waals surface area (Å²) in [5.41, 5.74) is 10.2. The van der Waals surface area contributed by atoms with Gasteiger partial charge in [-0.3, -0.25) is 0 Å². The quantitative estimate of drug-likeness (QED) is 0.191. The van der Waals surface area contributed by atoms with E-state index in [0.717, 1.165) is 5.46 Å². The summed E-state index contributed by atoms with van der Waals surface area (Å²) in [7, 11) is -0.355. The van der Waals surface area contributed by atoms with Crippen molar-refractivity contribution in [2.45, 2.75) is 48.7 Å². The van der Waals surface area contributed by atoms with Crippen molar-refractivity contribution in [1.82, 2.24) is 0 Å². The number of benzene rings is 6. The highest BCUT2D eigenvalue weighted by Gasteiger charge is 2.51. The van der Waals surface area contributed by atoms with Gasteiger partial charge in [0.15, 0.2) is 0 Å². The molecule has 2 aliphatic heterocycles. The van der Waals surface area contributed by atoms with Crippen LogP contribution in [0.15, 0.2) is 137 Å². The highest BCUT2D eigenvalue weighted by Crippen LogP contribution is 2.49. The molecule has 0 radical (unpaired) electrons. The zero-order valence-electron chi connectivity index (χ0n) is 25.4. The molecule has 0 N–H and O–H groups in total. The highest BCUT2D eigenvalue weighted by molar-refractivity contribution is 7.99. The fraction of sp³-hybridized carbons (Fsp3) is 0.150. The van der Waals surface area contributed by atoms with Gasteiger partial charge >= 0.3 is 7.12 Å². The van der Waals surface area contributed by atoms with E-state index < -0.39 is 0 Å². The van der Waals surface area contributed by atoms with Crippen LogP contribution in [-0.4, -0.2) is 18.3 Å². The molecule has 0 amide bonds. The molecule has 8 rings (SSSR count). The summed E-state index contributed by atoms with van der Waals surface area (Å²) in [5.74, 6) is 0. The Kier molecular flexibility index (Phi) is 6.39. The molecule has 2 heterocycles. The maximum atomic E-state index is 6.26. The van der Waals surface area contributed by atoms with E-state index in [1.807, 2.05) is 11.8 Å². The van der Waals surface area contributed by atoms with Crippen LogP contribution >= 0.6 is 11.8 Å². The average molecular weight is 589 g/mol. The third-order valence-corrected chi connectivity index (χ3v) is 10.7. The molecule has 0 bridgehead atoms. The Bertz CT molecular complexity index is 2050. The van der Waals surface area contributed by atoms with Crippen LogP contribution in [0.2, 0.25) is 0 Å². The van der Waals surface area contributed by atoms with Gasteiger partial charge in [0.05, 0.1) is 11.2 Å². The third-order valence-electron chi connectivity index (χ3n) is 9.54. The van der Waals surface area contributed by atoms with Crippen LogP contribution < -0.4 is 5.46 Å². The number of rotatable bonds is 4. The maximum Gasteiger partial charge on any atom is 0.494 e. The summed E-state index contributed by atoms with van der Waals surface area (Å²) < 4.78 is 12.5. The van der Waals surface area contributed by atoms with Crippen LogP contribution in [-0.2, 0) is 9.31 Å². The molecule has 6 aromatic carbocycles. The molecular formula is C40H33BO2S. The Morgan fingerprint density at radius 3 is 1.77 bits per heavy atom. The molecule has 0 saturated carbocycles. The van der Waals surface area contributed by atoms with Gasteiger partial charge in [0, 0.05) is 15.2 Å². The first-order chi connectivity index (χ1) is 21.3. The van der Waals surface area contributed by atoms with E-state index in [0.29, 0.717) is 0 Å². The van der Waals surface area contributed by atoms with Crippen molar-refractivity contribution in [2.24, 2.45) is 0 Å². The van der Waals surface area contributed by atoms with Crippen molar-refractivity contribution in [3.05, 3.63) is 127 Å². The van der Waals surface area contributed by atoms with Gasteiger partial charge in [0.2, 0.25) is 0 Å². The fourth-order valence-electron chi connectivity index (χ4n) is 6.39. The number of fused-ring (bicyclic) bond motifs is 2. The van der Waals surface area contributed by atoms with E-state index in [2.05, 4.69) is 155 Å². The smallest absolute Gasteiger partial charge is 0.399 e. The molecule has 1 fully saturated rings. The Labute approximate surface area is 264 Å². The van der Waals surface area contributed by atoms with E-state index in [4.69, 9.17) is 9.31 Å². The molecular weight excluding hydrogens is 555 g/mol. The van der Waals surface area contributed by atoms with Crippen molar-refractivity contribution < 1.29 is 9.31 Å². The van der Waals surface area contributed by atoms with Crippen molar-refractivity contribution in [1.29, 1.82) is 0 Å². The molecule has 6 aromatic rings. The molecule has 44 heavy (non-hydrogen) atoms. The predicted molar refractivity (Wildman–Crippen MR) is 186 cm³/mol. The monoisotopic (exact) mass is 588 g/mol. The summed E-state index contributed by atoms with van der Waals surface area (Å²) in [6.45, 7) is 8.36. The van der Waals surface area contributed by atoms with Crippen molar-refractivity contribution >= 4 is 35.1 Å². The second-order valence-electron chi connectivity index (χ2n) is 12.8. The summed E-state index contributed by atoms with van der Waals surface area (Å²) in [6.07, 6.45) is 0. The minimum atomic E-state index is -0.355. The van der Waals surface area contributed by atoms with Gasteiger partial charge in [-0.15, -0.1) is 0 Å². The van der Waals surface area contributed by atoms with Crippen molar-refractivity contribution in [2.75, 3.05) is 0 Å². The number of hydrogen-bond donors (Lipinski definition) is 0. The lowest BCUT2D eigenvalue weighted by atomic mass is 9.78. The lowest BCUT2D eigenvalue weighted by Crippen LogP contribution is -2.41. The van der Waals surface area contributed by atoms with Gasteiger partial charge in [-0.1, -0.05) is 115 Å². The topological polar surface area (TPSA) is 18.5 Å². The van der Waals surface area contributed by atoms with E-state index in [-0.39, 0.29) is 18.3 Å². The van der Waals surface area contributed by atoms with Crippen molar-refractivity contribution in [3.8, 4) is 44.5 Å². The summed E-state index contributed by atoms with van der Waals surface area (Å²) in [5, 5.41) is 2.65. The van der Waals surface area contributed by atoms with Gasteiger partial charge in [-0.05, 0) is 107 Å². The first-order valence-corrected chi connectivity index (χ1v) is 16.1. The van der Waals surface area contributed by atoms with Crippen LogP contribution in [0.5, 0.6) is 0 Å². The second kappa shape index (κ2) is 10.2. The Morgan fingerprint density at radius 1 is 0.477 bits per heavy atom. The molecule has 0 spiro atoms. The summed E-state index contributed by atoms with van der Waals surface area (Å²) in [4.78, 5) is 2.65. The van der Waals surface area contributed by atoms with Crippen LogP contribution in [0.3, 0.4) is 0 Å². The van der Waals surface area contributed by atoms with E-state index in [1.165, 1.54) is 65.1 Å². The van der Waals surface area contributed by atoms with E-state index in [9.17, 15) is 0 Å². The molecule has 0 aromatic heterocycles. The first kappa shape index (κ1) is 27.5. The molecule has 2 nitrogen and oxygen atoms in total. The zero-order chi connectivity index (χ0) is 30.1. The first-order valence-electron chi connectivity index (χ1n) is 15.3. The SMILES string of the molecule is CC1(C)OB(c2ccc(-c3cccc(-c4cccc(-c5ccc6c7c(cccc57)Sc5ccccc5-6)c4)c3)cc2)OC1(C)C. The zero-order valence-corrected chi connectivity index (χ0v) is 26.2. The van der Waals surface area contributed by atoms with Crippen LogP contribution in [0.4, 0.5) is 0 Å². The van der Waals surface area contributed by atoms with Gasteiger partial charge < -0.3 is 9.31 Å².